The first kappa shape index (κ1) is 21.6. The van der Waals surface area contributed by atoms with Crippen molar-refractivity contribution in [2.75, 3.05) is 25.6 Å². The lowest BCUT2D eigenvalue weighted by atomic mass is 10.0. The zero-order valence-corrected chi connectivity index (χ0v) is 18.6. The van der Waals surface area contributed by atoms with E-state index in [1.54, 1.807) is 19.2 Å². The minimum absolute atomic E-state index is 0.0135. The Morgan fingerprint density at radius 2 is 2.21 bits per heavy atom. The maximum absolute atomic E-state index is 14.5. The highest BCUT2D eigenvalue weighted by Gasteiger charge is 2.25. The van der Waals surface area contributed by atoms with E-state index < -0.39 is 11.7 Å². The van der Waals surface area contributed by atoms with Gasteiger partial charge in [0.25, 0.3) is 11.5 Å². The van der Waals surface area contributed by atoms with Gasteiger partial charge in [-0.05, 0) is 40.3 Å². The van der Waals surface area contributed by atoms with Crippen molar-refractivity contribution >= 4 is 55.2 Å². The van der Waals surface area contributed by atoms with Crippen LogP contribution in [0.5, 0.6) is 0 Å². The van der Waals surface area contributed by atoms with Crippen LogP contribution in [0.25, 0.3) is 10.2 Å². The fraction of sp³-hybridized carbons (Fsp3) is 0.278. The number of fused-ring (bicyclic) bond motifs is 1. The normalized spacial score (nSPS) is 11.1. The molecular formula is C18H18FIN4O4S. The van der Waals surface area contributed by atoms with Crippen molar-refractivity contribution in [1.29, 1.82) is 0 Å². The number of halogens is 2. The van der Waals surface area contributed by atoms with Gasteiger partial charge in [0, 0.05) is 29.8 Å². The molecule has 0 saturated carbocycles. The van der Waals surface area contributed by atoms with Gasteiger partial charge in [-0.2, -0.15) is 0 Å². The molecule has 0 aliphatic carbocycles. The Labute approximate surface area is 182 Å². The third-order valence-corrected chi connectivity index (χ3v) is 5.96. The number of carbonyl (C=O) groups is 1. The van der Waals surface area contributed by atoms with Crippen molar-refractivity contribution in [2.24, 2.45) is 7.05 Å². The Bertz CT molecular complexity index is 1130. The molecular weight excluding hydrogens is 514 g/mol. The van der Waals surface area contributed by atoms with E-state index in [0.717, 1.165) is 14.9 Å². The van der Waals surface area contributed by atoms with E-state index in [1.807, 2.05) is 22.6 Å². The van der Waals surface area contributed by atoms with Crippen LogP contribution in [0.3, 0.4) is 0 Å². The molecule has 154 valence electrons. The van der Waals surface area contributed by atoms with Crippen LogP contribution >= 0.6 is 33.9 Å². The van der Waals surface area contributed by atoms with E-state index in [-0.39, 0.29) is 36.3 Å². The lowest BCUT2D eigenvalue weighted by molar-refractivity contribution is 0.0168. The summed E-state index contributed by atoms with van der Waals surface area (Å²) in [4.78, 5) is 35.0. The van der Waals surface area contributed by atoms with Crippen molar-refractivity contribution in [3.05, 3.63) is 54.8 Å². The Hall–Kier alpha value is -2.09. The van der Waals surface area contributed by atoms with E-state index in [0.29, 0.717) is 21.1 Å². The molecule has 0 saturated heterocycles. The van der Waals surface area contributed by atoms with E-state index in [9.17, 15) is 14.0 Å². The quantitative estimate of drug-likeness (QED) is 0.245. The number of thiazole rings is 1. The van der Waals surface area contributed by atoms with Crippen LogP contribution in [0.2, 0.25) is 0 Å². The first-order valence-corrected chi connectivity index (χ1v) is 10.4. The third-order valence-electron chi connectivity index (χ3n) is 4.23. The SMILES string of the molecule is CNc1nc2c(C(=O)NOCCO)c(Cc3ccc(I)cc3F)n(C)c(=O)c2s1. The Balaban J connectivity index is 2.20. The molecule has 8 nitrogen and oxygen atoms in total. The molecule has 2 heterocycles. The standard InChI is InChI=1S/C18H18FIN4O4S/c1-21-18-22-14-13(16(26)23-28-6-5-25)12(24(2)17(27)15(14)29-18)7-9-3-4-10(20)8-11(9)19/h3-4,8,25H,5-7H2,1-2H3,(H,21,22)(H,23,26). The predicted molar refractivity (Wildman–Crippen MR) is 117 cm³/mol. The second-order valence-corrected chi connectivity index (χ2v) is 8.29. The van der Waals surface area contributed by atoms with E-state index in [1.165, 1.54) is 17.7 Å². The highest BCUT2D eigenvalue weighted by Crippen LogP contribution is 2.29. The highest BCUT2D eigenvalue weighted by molar-refractivity contribution is 14.1. The maximum Gasteiger partial charge on any atom is 0.278 e. The van der Waals surface area contributed by atoms with Crippen LogP contribution in [-0.4, -0.2) is 40.8 Å². The number of hydroxylamine groups is 1. The van der Waals surface area contributed by atoms with Crippen LogP contribution in [0.1, 0.15) is 21.6 Å². The summed E-state index contributed by atoms with van der Waals surface area (Å²) in [6, 6.07) is 4.76. The van der Waals surface area contributed by atoms with E-state index >= 15 is 0 Å². The average molecular weight is 532 g/mol. The van der Waals surface area contributed by atoms with Gasteiger partial charge in [-0.15, -0.1) is 0 Å². The van der Waals surface area contributed by atoms with Crippen molar-refractivity contribution < 1.29 is 19.1 Å². The first-order chi connectivity index (χ1) is 13.9. The van der Waals surface area contributed by atoms with Gasteiger partial charge < -0.3 is 15.0 Å². The number of amides is 1. The maximum atomic E-state index is 14.5. The van der Waals surface area contributed by atoms with Gasteiger partial charge in [0.2, 0.25) is 0 Å². The predicted octanol–water partition coefficient (Wildman–Crippen LogP) is 2.02. The van der Waals surface area contributed by atoms with Gasteiger partial charge in [-0.25, -0.2) is 14.9 Å². The topological polar surface area (TPSA) is 105 Å². The fourth-order valence-electron chi connectivity index (χ4n) is 2.82. The molecule has 0 aliphatic heterocycles. The van der Waals surface area contributed by atoms with Crippen LogP contribution in [0.15, 0.2) is 23.0 Å². The molecule has 11 heteroatoms. The first-order valence-electron chi connectivity index (χ1n) is 8.54. The van der Waals surface area contributed by atoms with Gasteiger partial charge >= 0.3 is 0 Å². The molecule has 0 bridgehead atoms. The fourth-order valence-corrected chi connectivity index (χ4v) is 4.18. The zero-order chi connectivity index (χ0) is 21.1. The molecule has 3 rings (SSSR count). The molecule has 0 atom stereocenters. The number of benzene rings is 1. The van der Waals surface area contributed by atoms with Crippen LogP contribution in [0, 0.1) is 9.39 Å². The number of carbonyl (C=O) groups excluding carboxylic acids is 1. The number of rotatable bonds is 7. The Morgan fingerprint density at radius 3 is 2.86 bits per heavy atom. The number of aliphatic hydroxyl groups is 1. The molecule has 3 N–H and O–H groups in total. The number of hydrogen-bond donors (Lipinski definition) is 3. The molecule has 1 amide bonds. The molecule has 0 unspecified atom stereocenters. The Kier molecular flexibility index (Phi) is 6.82. The smallest absolute Gasteiger partial charge is 0.278 e. The number of aliphatic hydroxyl groups excluding tert-OH is 1. The summed E-state index contributed by atoms with van der Waals surface area (Å²) in [6.45, 7) is -0.370. The molecule has 3 aromatic rings. The minimum atomic E-state index is -0.632. The molecule has 0 spiro atoms. The summed E-state index contributed by atoms with van der Waals surface area (Å²) < 4.78 is 16.8. The lowest BCUT2D eigenvalue weighted by Gasteiger charge is -2.15. The monoisotopic (exact) mass is 532 g/mol. The highest BCUT2D eigenvalue weighted by atomic mass is 127. The van der Waals surface area contributed by atoms with Crippen molar-refractivity contribution in [2.45, 2.75) is 6.42 Å². The second-order valence-electron chi connectivity index (χ2n) is 6.05. The lowest BCUT2D eigenvalue weighted by Crippen LogP contribution is -2.31. The second kappa shape index (κ2) is 9.15. The van der Waals surface area contributed by atoms with Gasteiger partial charge in [0.05, 0.1) is 18.8 Å². The molecule has 0 radical (unpaired) electrons. The summed E-state index contributed by atoms with van der Waals surface area (Å²) in [5, 5.41) is 12.2. The van der Waals surface area contributed by atoms with Crippen molar-refractivity contribution in [1.82, 2.24) is 15.0 Å². The summed E-state index contributed by atoms with van der Waals surface area (Å²) in [6.07, 6.45) is 0.0135. The van der Waals surface area contributed by atoms with Crippen LogP contribution in [0.4, 0.5) is 9.52 Å². The summed E-state index contributed by atoms with van der Waals surface area (Å²) >= 11 is 3.13. The summed E-state index contributed by atoms with van der Waals surface area (Å²) in [7, 11) is 3.19. The van der Waals surface area contributed by atoms with Crippen LogP contribution < -0.4 is 16.4 Å². The van der Waals surface area contributed by atoms with Crippen LogP contribution in [-0.2, 0) is 18.3 Å². The summed E-state index contributed by atoms with van der Waals surface area (Å²) in [5.41, 5.74) is 2.91. The molecule has 29 heavy (non-hydrogen) atoms. The van der Waals surface area contributed by atoms with E-state index in [2.05, 4.69) is 15.8 Å². The van der Waals surface area contributed by atoms with Gasteiger partial charge in [-0.1, -0.05) is 17.4 Å². The van der Waals surface area contributed by atoms with Gasteiger partial charge in [0.15, 0.2) is 5.13 Å². The van der Waals surface area contributed by atoms with Gasteiger partial charge in [-0.3, -0.25) is 14.4 Å². The molecule has 0 aliphatic rings. The number of nitrogens with one attached hydrogen (secondary N) is 2. The number of pyridine rings is 1. The number of anilines is 1. The average Bonchev–Trinajstić information content (AvgIpc) is 3.12. The molecule has 0 fully saturated rings. The minimum Gasteiger partial charge on any atom is -0.394 e. The van der Waals surface area contributed by atoms with E-state index in [4.69, 9.17) is 9.94 Å². The zero-order valence-electron chi connectivity index (χ0n) is 15.6. The largest absolute Gasteiger partial charge is 0.394 e. The van der Waals surface area contributed by atoms with Gasteiger partial charge in [0.1, 0.15) is 16.0 Å². The Morgan fingerprint density at radius 1 is 1.45 bits per heavy atom. The number of nitrogens with zero attached hydrogens (tertiary/aromatic N) is 2. The number of aromatic nitrogens is 2. The third kappa shape index (κ3) is 4.42. The number of hydrogen-bond acceptors (Lipinski definition) is 7. The molecule has 1 aromatic carbocycles. The van der Waals surface area contributed by atoms with Crippen molar-refractivity contribution in [3.63, 3.8) is 0 Å². The van der Waals surface area contributed by atoms with Crippen molar-refractivity contribution in [3.8, 4) is 0 Å². The summed E-state index contributed by atoms with van der Waals surface area (Å²) in [5.74, 6) is -1.06. The molecule has 2 aromatic heterocycles.